The lowest BCUT2D eigenvalue weighted by molar-refractivity contribution is -0.127. The Labute approximate surface area is 116 Å². The molecule has 1 saturated carbocycles. The Morgan fingerprint density at radius 2 is 1.84 bits per heavy atom. The molecule has 2 atom stereocenters. The maximum Gasteiger partial charge on any atom is 0.241 e. The summed E-state index contributed by atoms with van der Waals surface area (Å²) < 4.78 is 0. The van der Waals surface area contributed by atoms with Crippen LogP contribution < -0.4 is 5.32 Å². The average molecular weight is 266 g/mol. The van der Waals surface area contributed by atoms with E-state index in [4.69, 9.17) is 0 Å². The molecule has 2 unspecified atom stereocenters. The molecule has 2 aliphatic rings. The molecule has 5 heteroatoms. The molecule has 0 radical (unpaired) electrons. The standard InChI is InChI=1S/C14H26N4O/c1-15-14(16-8-13(19)17(2)3)18-9-11-6-4-5-7-12(11)10-18/h11-12H,4-10H2,1-3H3,(H,15,16). The number of guanidine groups is 1. The van der Waals surface area contributed by atoms with Crippen LogP contribution in [0.1, 0.15) is 25.7 Å². The van der Waals surface area contributed by atoms with E-state index in [1.807, 2.05) is 0 Å². The number of carbonyl (C=O) groups excluding carboxylic acids is 1. The van der Waals surface area contributed by atoms with Gasteiger partial charge in [-0.05, 0) is 24.7 Å². The lowest BCUT2D eigenvalue weighted by Gasteiger charge is -2.22. The SMILES string of the molecule is CN=C(NCC(=O)N(C)C)N1CC2CCCCC2C1. The number of likely N-dealkylation sites (tertiary alicyclic amines) is 1. The molecule has 1 aliphatic carbocycles. The Balaban J connectivity index is 1.87. The first-order valence-electron chi connectivity index (χ1n) is 7.27. The van der Waals surface area contributed by atoms with E-state index in [1.165, 1.54) is 25.7 Å². The predicted molar refractivity (Wildman–Crippen MR) is 77.1 cm³/mol. The summed E-state index contributed by atoms with van der Waals surface area (Å²) in [6.07, 6.45) is 5.46. The van der Waals surface area contributed by atoms with Gasteiger partial charge in [-0.1, -0.05) is 12.8 Å². The molecule has 1 N–H and O–H groups in total. The Morgan fingerprint density at radius 3 is 2.32 bits per heavy atom. The fourth-order valence-corrected chi connectivity index (χ4v) is 3.22. The van der Waals surface area contributed by atoms with E-state index in [1.54, 1.807) is 26.0 Å². The summed E-state index contributed by atoms with van der Waals surface area (Å²) in [7, 11) is 5.35. The number of hydrogen-bond acceptors (Lipinski definition) is 2. The van der Waals surface area contributed by atoms with Crippen LogP contribution in [0.3, 0.4) is 0 Å². The number of rotatable bonds is 2. The van der Waals surface area contributed by atoms with Gasteiger partial charge in [-0.25, -0.2) is 0 Å². The number of likely N-dealkylation sites (N-methyl/N-ethyl adjacent to an activating group) is 1. The fraction of sp³-hybridized carbons (Fsp3) is 0.857. The number of nitrogens with one attached hydrogen (secondary N) is 1. The van der Waals surface area contributed by atoms with Crippen LogP contribution in [0.4, 0.5) is 0 Å². The van der Waals surface area contributed by atoms with Gasteiger partial charge in [-0.3, -0.25) is 9.79 Å². The molecule has 1 amide bonds. The molecule has 1 aliphatic heterocycles. The van der Waals surface area contributed by atoms with Crippen molar-refractivity contribution in [2.24, 2.45) is 16.8 Å². The molecule has 19 heavy (non-hydrogen) atoms. The largest absolute Gasteiger partial charge is 0.347 e. The van der Waals surface area contributed by atoms with Crippen molar-refractivity contribution in [3.63, 3.8) is 0 Å². The van der Waals surface area contributed by atoms with E-state index < -0.39 is 0 Å². The van der Waals surface area contributed by atoms with Gasteiger partial charge in [0.2, 0.25) is 5.91 Å². The number of carbonyl (C=O) groups is 1. The summed E-state index contributed by atoms with van der Waals surface area (Å²) in [6, 6.07) is 0. The van der Waals surface area contributed by atoms with E-state index in [0.717, 1.165) is 30.9 Å². The zero-order valence-electron chi connectivity index (χ0n) is 12.4. The zero-order chi connectivity index (χ0) is 13.8. The smallest absolute Gasteiger partial charge is 0.241 e. The monoisotopic (exact) mass is 266 g/mol. The summed E-state index contributed by atoms with van der Waals surface area (Å²) in [5.74, 6) is 2.62. The molecule has 0 aromatic rings. The van der Waals surface area contributed by atoms with Crippen molar-refractivity contribution < 1.29 is 4.79 Å². The molecule has 0 spiro atoms. The Kier molecular flexibility index (Phi) is 4.66. The first-order chi connectivity index (χ1) is 9.11. The van der Waals surface area contributed by atoms with Gasteiger partial charge in [0.1, 0.15) is 0 Å². The number of nitrogens with zero attached hydrogens (tertiary/aromatic N) is 3. The van der Waals surface area contributed by atoms with Gasteiger partial charge < -0.3 is 15.1 Å². The Bertz CT molecular complexity index is 339. The summed E-state index contributed by atoms with van der Waals surface area (Å²) in [4.78, 5) is 19.9. The molecule has 0 aromatic heterocycles. The molecule has 0 aromatic carbocycles. The number of aliphatic imine (C=N–C) groups is 1. The zero-order valence-corrected chi connectivity index (χ0v) is 12.4. The predicted octanol–water partition coefficient (Wildman–Crippen LogP) is 0.772. The first-order valence-corrected chi connectivity index (χ1v) is 7.27. The van der Waals surface area contributed by atoms with Crippen LogP contribution in [-0.4, -0.2) is 62.4 Å². The minimum Gasteiger partial charge on any atom is -0.347 e. The fourth-order valence-electron chi connectivity index (χ4n) is 3.22. The normalized spacial score (nSPS) is 27.1. The molecule has 0 bridgehead atoms. The summed E-state index contributed by atoms with van der Waals surface area (Å²) in [6.45, 7) is 2.52. The maximum atomic E-state index is 11.6. The minimum atomic E-state index is 0.0813. The van der Waals surface area contributed by atoms with Gasteiger partial charge in [-0.2, -0.15) is 0 Å². The van der Waals surface area contributed by atoms with Gasteiger partial charge in [0.05, 0.1) is 6.54 Å². The van der Waals surface area contributed by atoms with Crippen LogP contribution in [-0.2, 0) is 4.79 Å². The average Bonchev–Trinajstić information content (AvgIpc) is 2.82. The van der Waals surface area contributed by atoms with Crippen molar-refractivity contribution in [1.29, 1.82) is 0 Å². The van der Waals surface area contributed by atoms with Crippen LogP contribution in [0.25, 0.3) is 0 Å². The number of hydrogen-bond donors (Lipinski definition) is 1. The second kappa shape index (κ2) is 6.26. The van der Waals surface area contributed by atoms with E-state index in [-0.39, 0.29) is 5.91 Å². The quantitative estimate of drug-likeness (QED) is 0.593. The van der Waals surface area contributed by atoms with Crippen molar-refractivity contribution in [3.05, 3.63) is 0 Å². The molecule has 5 nitrogen and oxygen atoms in total. The highest BCUT2D eigenvalue weighted by Crippen LogP contribution is 2.35. The summed E-state index contributed by atoms with van der Waals surface area (Å²) in [5, 5.41) is 3.19. The minimum absolute atomic E-state index is 0.0813. The van der Waals surface area contributed by atoms with Gasteiger partial charge >= 0.3 is 0 Å². The number of amides is 1. The third kappa shape index (κ3) is 3.39. The van der Waals surface area contributed by atoms with Crippen molar-refractivity contribution in [3.8, 4) is 0 Å². The van der Waals surface area contributed by atoms with E-state index in [0.29, 0.717) is 6.54 Å². The molecule has 2 fully saturated rings. The number of fused-ring (bicyclic) bond motifs is 1. The summed E-state index contributed by atoms with van der Waals surface area (Å²) >= 11 is 0. The van der Waals surface area contributed by atoms with Crippen LogP contribution in [0.5, 0.6) is 0 Å². The highest BCUT2D eigenvalue weighted by Gasteiger charge is 2.35. The van der Waals surface area contributed by atoms with Crippen molar-refractivity contribution in [2.45, 2.75) is 25.7 Å². The highest BCUT2D eigenvalue weighted by atomic mass is 16.2. The molecule has 1 saturated heterocycles. The van der Waals surface area contributed by atoms with Gasteiger partial charge in [0.25, 0.3) is 0 Å². The Morgan fingerprint density at radius 1 is 1.26 bits per heavy atom. The lowest BCUT2D eigenvalue weighted by atomic mass is 9.82. The van der Waals surface area contributed by atoms with E-state index in [9.17, 15) is 4.79 Å². The van der Waals surface area contributed by atoms with E-state index >= 15 is 0 Å². The summed E-state index contributed by atoms with van der Waals surface area (Å²) in [5.41, 5.74) is 0. The second-order valence-corrected chi connectivity index (χ2v) is 5.90. The van der Waals surface area contributed by atoms with Crippen molar-refractivity contribution in [1.82, 2.24) is 15.1 Å². The topological polar surface area (TPSA) is 47.9 Å². The van der Waals surface area contributed by atoms with Crippen molar-refractivity contribution >= 4 is 11.9 Å². The van der Waals surface area contributed by atoms with Gasteiger partial charge in [-0.15, -0.1) is 0 Å². The van der Waals surface area contributed by atoms with Crippen LogP contribution in [0.2, 0.25) is 0 Å². The third-order valence-corrected chi connectivity index (χ3v) is 4.38. The molecule has 108 valence electrons. The molecular weight excluding hydrogens is 240 g/mol. The molecular formula is C14H26N4O. The lowest BCUT2D eigenvalue weighted by Crippen LogP contribution is -2.44. The van der Waals surface area contributed by atoms with Crippen molar-refractivity contribution in [2.75, 3.05) is 40.8 Å². The highest BCUT2D eigenvalue weighted by molar-refractivity contribution is 5.86. The van der Waals surface area contributed by atoms with Gasteiger partial charge in [0.15, 0.2) is 5.96 Å². The first kappa shape index (κ1) is 14.2. The maximum absolute atomic E-state index is 11.6. The van der Waals surface area contributed by atoms with E-state index in [2.05, 4.69) is 15.2 Å². The third-order valence-electron chi connectivity index (χ3n) is 4.38. The van der Waals surface area contributed by atoms with Crippen LogP contribution in [0.15, 0.2) is 4.99 Å². The van der Waals surface area contributed by atoms with Crippen LogP contribution in [0, 0.1) is 11.8 Å². The van der Waals surface area contributed by atoms with Gasteiger partial charge in [0, 0.05) is 34.2 Å². The Hall–Kier alpha value is -1.26. The van der Waals surface area contributed by atoms with Crippen LogP contribution >= 0.6 is 0 Å². The molecule has 2 rings (SSSR count). The second-order valence-electron chi connectivity index (χ2n) is 5.90. The molecule has 1 heterocycles.